The first kappa shape index (κ1) is 14.3. The minimum Gasteiger partial charge on any atom is -0.198 e. The molecule has 0 aromatic carbocycles. The Bertz CT molecular complexity index is 225. The molecular formula is C12H20N2S. The third kappa shape index (κ3) is 4.58. The molecule has 0 spiro atoms. The molecule has 15 heavy (non-hydrogen) atoms. The van der Waals surface area contributed by atoms with Gasteiger partial charge in [0.15, 0.2) is 0 Å². The first-order valence-electron chi connectivity index (χ1n) is 5.55. The first-order valence-corrected chi connectivity index (χ1v) is 6.49. The quantitative estimate of drug-likeness (QED) is 0.692. The molecule has 0 saturated carbocycles. The molecule has 0 heterocycles. The van der Waals surface area contributed by atoms with Crippen LogP contribution in [0.2, 0.25) is 0 Å². The highest BCUT2D eigenvalue weighted by molar-refractivity contribution is 8.00. The summed E-state index contributed by atoms with van der Waals surface area (Å²) in [5.74, 6) is 0.210. The van der Waals surface area contributed by atoms with Gasteiger partial charge in [0.2, 0.25) is 0 Å². The molecule has 0 aliphatic carbocycles. The van der Waals surface area contributed by atoms with Crippen LogP contribution >= 0.6 is 11.8 Å². The normalized spacial score (nSPS) is 18.3. The monoisotopic (exact) mass is 224 g/mol. The Hall–Kier alpha value is -0.670. The average Bonchev–Trinajstić information content (AvgIpc) is 2.21. The summed E-state index contributed by atoms with van der Waals surface area (Å²) >= 11 is 1.77. The molecule has 0 bridgehead atoms. The van der Waals surface area contributed by atoms with Crippen molar-refractivity contribution in [2.24, 2.45) is 11.8 Å². The molecule has 0 radical (unpaired) electrons. The van der Waals surface area contributed by atoms with Crippen molar-refractivity contribution in [3.63, 3.8) is 0 Å². The Morgan fingerprint density at radius 2 is 1.27 bits per heavy atom. The number of rotatable bonds is 6. The Labute approximate surface area is 97.7 Å². The number of nitriles is 2. The molecule has 0 aliphatic heterocycles. The van der Waals surface area contributed by atoms with Gasteiger partial charge in [-0.3, -0.25) is 0 Å². The van der Waals surface area contributed by atoms with Gasteiger partial charge in [0.1, 0.15) is 0 Å². The minimum absolute atomic E-state index is 0.105. The number of hydrogen-bond donors (Lipinski definition) is 0. The van der Waals surface area contributed by atoms with E-state index in [4.69, 9.17) is 10.5 Å². The van der Waals surface area contributed by atoms with Crippen molar-refractivity contribution in [1.82, 2.24) is 0 Å². The van der Waals surface area contributed by atoms with E-state index in [1.54, 1.807) is 11.8 Å². The predicted octanol–water partition coefficient (Wildman–Crippen LogP) is 3.60. The highest BCUT2D eigenvalue weighted by Crippen LogP contribution is 2.30. The van der Waals surface area contributed by atoms with Crippen LogP contribution in [0.1, 0.15) is 40.5 Å². The van der Waals surface area contributed by atoms with Crippen LogP contribution in [0.3, 0.4) is 0 Å². The van der Waals surface area contributed by atoms with E-state index < -0.39 is 0 Å². The predicted molar refractivity (Wildman–Crippen MR) is 65.3 cm³/mol. The van der Waals surface area contributed by atoms with E-state index in [0.29, 0.717) is 10.5 Å². The molecule has 0 amide bonds. The van der Waals surface area contributed by atoms with Gasteiger partial charge in [-0.05, 0) is 12.8 Å². The zero-order chi connectivity index (χ0) is 11.8. The van der Waals surface area contributed by atoms with Crippen molar-refractivity contribution in [3.8, 4) is 12.1 Å². The van der Waals surface area contributed by atoms with E-state index in [-0.39, 0.29) is 11.8 Å². The third-order valence-corrected chi connectivity index (χ3v) is 4.29. The van der Waals surface area contributed by atoms with Gasteiger partial charge in [0.05, 0.1) is 24.0 Å². The summed E-state index contributed by atoms with van der Waals surface area (Å²) in [5, 5.41) is 18.5. The van der Waals surface area contributed by atoms with Gasteiger partial charge in [0, 0.05) is 10.5 Å². The Morgan fingerprint density at radius 1 is 0.933 bits per heavy atom. The summed E-state index contributed by atoms with van der Waals surface area (Å²) in [5.41, 5.74) is 0. The summed E-state index contributed by atoms with van der Waals surface area (Å²) < 4.78 is 0. The lowest BCUT2D eigenvalue weighted by Gasteiger charge is -2.22. The lowest BCUT2D eigenvalue weighted by Crippen LogP contribution is -2.19. The molecule has 0 N–H and O–H groups in total. The highest BCUT2D eigenvalue weighted by Gasteiger charge is 2.22. The maximum absolute atomic E-state index is 8.93. The largest absolute Gasteiger partial charge is 0.198 e. The molecule has 0 saturated heterocycles. The molecule has 2 nitrogen and oxygen atoms in total. The number of hydrogen-bond acceptors (Lipinski definition) is 3. The zero-order valence-corrected chi connectivity index (χ0v) is 10.8. The summed E-state index contributed by atoms with van der Waals surface area (Å²) in [6.45, 7) is 8.25. The van der Waals surface area contributed by atoms with Gasteiger partial charge >= 0.3 is 0 Å². The van der Waals surface area contributed by atoms with Crippen LogP contribution in [0.5, 0.6) is 0 Å². The van der Waals surface area contributed by atoms with E-state index in [1.807, 2.05) is 13.8 Å². The second-order valence-corrected chi connectivity index (χ2v) is 5.59. The van der Waals surface area contributed by atoms with Crippen LogP contribution in [0.4, 0.5) is 0 Å². The molecule has 0 aromatic heterocycles. The van der Waals surface area contributed by atoms with E-state index in [0.717, 1.165) is 12.8 Å². The molecule has 0 aromatic rings. The van der Waals surface area contributed by atoms with E-state index in [1.165, 1.54) is 0 Å². The van der Waals surface area contributed by atoms with Crippen molar-refractivity contribution in [1.29, 1.82) is 10.5 Å². The topological polar surface area (TPSA) is 47.6 Å². The summed E-state index contributed by atoms with van der Waals surface area (Å²) in [6, 6.07) is 4.66. The molecule has 84 valence electrons. The van der Waals surface area contributed by atoms with Crippen LogP contribution < -0.4 is 0 Å². The minimum atomic E-state index is 0.105. The smallest absolute Gasteiger partial charge is 0.0667 e. The molecule has 4 unspecified atom stereocenters. The Balaban J connectivity index is 4.23. The van der Waals surface area contributed by atoms with E-state index in [2.05, 4.69) is 26.0 Å². The fourth-order valence-corrected chi connectivity index (χ4v) is 3.15. The Morgan fingerprint density at radius 3 is 1.47 bits per heavy atom. The summed E-state index contributed by atoms with van der Waals surface area (Å²) in [4.78, 5) is 0. The first-order chi connectivity index (χ1) is 7.10. The van der Waals surface area contributed by atoms with Gasteiger partial charge in [-0.25, -0.2) is 0 Å². The van der Waals surface area contributed by atoms with Crippen LogP contribution in [0.25, 0.3) is 0 Å². The van der Waals surface area contributed by atoms with Crippen LogP contribution in [-0.2, 0) is 0 Å². The van der Waals surface area contributed by atoms with Gasteiger partial charge in [-0.2, -0.15) is 22.3 Å². The molecule has 4 atom stereocenters. The maximum atomic E-state index is 8.93. The second kappa shape index (κ2) is 7.60. The zero-order valence-electron chi connectivity index (χ0n) is 10.0. The average molecular weight is 224 g/mol. The van der Waals surface area contributed by atoms with Gasteiger partial charge in [-0.15, -0.1) is 0 Å². The van der Waals surface area contributed by atoms with Crippen LogP contribution in [0.15, 0.2) is 0 Å². The van der Waals surface area contributed by atoms with Crippen LogP contribution in [0, 0.1) is 34.5 Å². The van der Waals surface area contributed by atoms with Crippen molar-refractivity contribution < 1.29 is 0 Å². The lowest BCUT2D eigenvalue weighted by atomic mass is 10.1. The number of nitrogens with zero attached hydrogens (tertiary/aromatic N) is 2. The fraction of sp³-hybridized carbons (Fsp3) is 0.833. The second-order valence-electron chi connectivity index (χ2n) is 3.83. The Kier molecular flexibility index (Phi) is 7.26. The molecule has 0 aliphatic rings. The molecule has 0 fully saturated rings. The van der Waals surface area contributed by atoms with Crippen molar-refractivity contribution in [2.75, 3.05) is 0 Å². The van der Waals surface area contributed by atoms with Crippen molar-refractivity contribution >= 4 is 11.8 Å². The van der Waals surface area contributed by atoms with E-state index >= 15 is 0 Å². The van der Waals surface area contributed by atoms with Crippen LogP contribution in [-0.4, -0.2) is 10.5 Å². The van der Waals surface area contributed by atoms with Gasteiger partial charge in [-0.1, -0.05) is 27.7 Å². The lowest BCUT2D eigenvalue weighted by molar-refractivity contribution is 0.607. The molecule has 0 rings (SSSR count). The molecular weight excluding hydrogens is 204 g/mol. The van der Waals surface area contributed by atoms with Crippen molar-refractivity contribution in [2.45, 2.75) is 51.0 Å². The number of thioether (sulfide) groups is 1. The summed E-state index contributed by atoms with van der Waals surface area (Å²) in [7, 11) is 0. The van der Waals surface area contributed by atoms with E-state index in [9.17, 15) is 0 Å². The highest BCUT2D eigenvalue weighted by atomic mass is 32.2. The SMILES string of the molecule is CCC(C#N)C(C)SC(C)C(C#N)CC. The van der Waals surface area contributed by atoms with Crippen molar-refractivity contribution in [3.05, 3.63) is 0 Å². The van der Waals surface area contributed by atoms with Gasteiger partial charge < -0.3 is 0 Å². The maximum Gasteiger partial charge on any atom is 0.0667 e. The fourth-order valence-electron chi connectivity index (χ4n) is 1.58. The third-order valence-electron chi connectivity index (χ3n) is 2.77. The molecule has 3 heteroatoms. The summed E-state index contributed by atoms with van der Waals surface area (Å²) in [6.07, 6.45) is 1.78. The standard InChI is InChI=1S/C12H20N2S/c1-5-11(7-13)9(3)15-10(4)12(6-2)8-14/h9-12H,5-6H2,1-4H3. The van der Waals surface area contributed by atoms with Gasteiger partial charge in [0.25, 0.3) is 0 Å².